The lowest BCUT2D eigenvalue weighted by molar-refractivity contribution is 0.0913. The first kappa shape index (κ1) is 22.3. The van der Waals surface area contributed by atoms with Gasteiger partial charge in [0.15, 0.2) is 0 Å². The van der Waals surface area contributed by atoms with Crippen molar-refractivity contribution in [2.24, 2.45) is 0 Å². The molecule has 154 valence electrons. The highest BCUT2D eigenvalue weighted by atomic mass is 35.5. The number of rotatable bonds is 7. The third kappa shape index (κ3) is 6.01. The molecule has 1 aliphatic heterocycles. The van der Waals surface area contributed by atoms with Gasteiger partial charge in [-0.25, -0.2) is 0 Å². The molecule has 1 unspecified atom stereocenters. The van der Waals surface area contributed by atoms with E-state index in [0.29, 0.717) is 12.1 Å². The quantitative estimate of drug-likeness (QED) is 0.720. The number of hydrogen-bond donors (Lipinski definition) is 1. The number of carbonyl (C=O) groups is 1. The van der Waals surface area contributed by atoms with Crippen LogP contribution in [-0.2, 0) is 0 Å². The molecule has 28 heavy (non-hydrogen) atoms. The molecule has 5 nitrogen and oxygen atoms in total. The number of halogens is 1. The Hall–Kier alpha value is -1.98. The number of carbonyl (C=O) groups excluding carboxylic acids is 1. The zero-order chi connectivity index (χ0) is 19.2. The third-order valence-electron chi connectivity index (χ3n) is 4.87. The smallest absolute Gasteiger partial charge is 0.251 e. The zero-order valence-corrected chi connectivity index (χ0v) is 17.8. The number of benzene rings is 1. The fourth-order valence-corrected chi connectivity index (χ4v) is 3.52. The Labute approximate surface area is 173 Å². The highest BCUT2D eigenvalue weighted by molar-refractivity contribution is 5.94. The fourth-order valence-electron chi connectivity index (χ4n) is 3.52. The molecule has 0 bridgehead atoms. The summed E-state index contributed by atoms with van der Waals surface area (Å²) in [5.41, 5.74) is 0.638. The van der Waals surface area contributed by atoms with Gasteiger partial charge in [0.25, 0.3) is 5.91 Å². The van der Waals surface area contributed by atoms with E-state index in [4.69, 9.17) is 9.15 Å². The van der Waals surface area contributed by atoms with Crippen LogP contribution in [0.1, 0.15) is 61.0 Å². The Kier molecular flexibility index (Phi) is 8.39. The molecule has 6 heteroatoms. The molecule has 1 saturated heterocycles. The summed E-state index contributed by atoms with van der Waals surface area (Å²) in [4.78, 5) is 15.0. The van der Waals surface area contributed by atoms with Crippen molar-refractivity contribution in [2.75, 3.05) is 19.6 Å². The second-order valence-corrected chi connectivity index (χ2v) is 7.46. The number of ether oxygens (including phenoxy) is 1. The van der Waals surface area contributed by atoms with Crippen LogP contribution in [0.4, 0.5) is 0 Å². The number of nitrogens with one attached hydrogen (secondary N) is 1. The summed E-state index contributed by atoms with van der Waals surface area (Å²) < 4.78 is 11.5. The summed E-state index contributed by atoms with van der Waals surface area (Å²) in [6, 6.07) is 11.4. The zero-order valence-electron chi connectivity index (χ0n) is 16.9. The van der Waals surface area contributed by atoms with Gasteiger partial charge in [0.1, 0.15) is 17.3 Å². The Morgan fingerprint density at radius 1 is 1.11 bits per heavy atom. The van der Waals surface area contributed by atoms with E-state index >= 15 is 0 Å². The topological polar surface area (TPSA) is 54.7 Å². The van der Waals surface area contributed by atoms with Crippen LogP contribution < -0.4 is 10.1 Å². The van der Waals surface area contributed by atoms with E-state index in [-0.39, 0.29) is 30.5 Å². The van der Waals surface area contributed by atoms with Crippen molar-refractivity contribution >= 4 is 18.3 Å². The van der Waals surface area contributed by atoms with Gasteiger partial charge in [-0.05, 0) is 83.1 Å². The molecule has 2 heterocycles. The SMILES string of the molecule is Cc1ccc(C(CNC(=O)c2ccc(OC(C)C)cc2)N2CCCCC2)o1.Cl. The monoisotopic (exact) mass is 406 g/mol. The van der Waals surface area contributed by atoms with Gasteiger partial charge in [-0.1, -0.05) is 6.42 Å². The summed E-state index contributed by atoms with van der Waals surface area (Å²) in [5.74, 6) is 2.53. The van der Waals surface area contributed by atoms with Crippen molar-refractivity contribution in [3.8, 4) is 5.75 Å². The standard InChI is InChI=1S/C22H30N2O3.ClH/c1-16(2)26-19-10-8-18(9-11-19)22(25)23-15-20(21-12-7-17(3)27-21)24-13-5-4-6-14-24;/h7-12,16,20H,4-6,13-15H2,1-3H3,(H,23,25);1H. The van der Waals surface area contributed by atoms with E-state index in [1.807, 2.05) is 45.0 Å². The van der Waals surface area contributed by atoms with E-state index < -0.39 is 0 Å². The van der Waals surface area contributed by atoms with Crippen LogP contribution in [0.3, 0.4) is 0 Å². The lowest BCUT2D eigenvalue weighted by Crippen LogP contribution is -2.40. The molecule has 1 N–H and O–H groups in total. The number of furan rings is 1. The van der Waals surface area contributed by atoms with E-state index in [1.54, 1.807) is 12.1 Å². The van der Waals surface area contributed by atoms with Gasteiger partial charge in [-0.3, -0.25) is 9.69 Å². The van der Waals surface area contributed by atoms with Crippen LogP contribution in [0, 0.1) is 6.92 Å². The van der Waals surface area contributed by atoms with Crippen LogP contribution in [0.15, 0.2) is 40.8 Å². The van der Waals surface area contributed by atoms with Crippen molar-refractivity contribution in [1.82, 2.24) is 10.2 Å². The molecule has 3 rings (SSSR count). The van der Waals surface area contributed by atoms with Gasteiger partial charge in [0.05, 0.1) is 12.1 Å². The van der Waals surface area contributed by atoms with Crippen molar-refractivity contribution in [2.45, 2.75) is 52.2 Å². The number of amides is 1. The fraction of sp³-hybridized carbons (Fsp3) is 0.500. The lowest BCUT2D eigenvalue weighted by Gasteiger charge is -2.33. The van der Waals surface area contributed by atoms with E-state index in [1.165, 1.54) is 19.3 Å². The third-order valence-corrected chi connectivity index (χ3v) is 4.87. The van der Waals surface area contributed by atoms with Crippen LogP contribution in [0.2, 0.25) is 0 Å². The number of aryl methyl sites for hydroxylation is 1. The largest absolute Gasteiger partial charge is 0.491 e. The maximum Gasteiger partial charge on any atom is 0.251 e. The summed E-state index contributed by atoms with van der Waals surface area (Å²) in [7, 11) is 0. The van der Waals surface area contributed by atoms with Gasteiger partial charge >= 0.3 is 0 Å². The summed E-state index contributed by atoms with van der Waals surface area (Å²) in [6.45, 7) is 8.55. The minimum Gasteiger partial charge on any atom is -0.491 e. The highest BCUT2D eigenvalue weighted by Gasteiger charge is 2.25. The predicted molar refractivity (Wildman–Crippen MR) is 113 cm³/mol. The summed E-state index contributed by atoms with van der Waals surface area (Å²) >= 11 is 0. The molecule has 0 radical (unpaired) electrons. The Morgan fingerprint density at radius 2 is 1.79 bits per heavy atom. The number of nitrogens with zero attached hydrogens (tertiary/aromatic N) is 1. The molecular formula is C22H31ClN2O3. The van der Waals surface area contributed by atoms with Gasteiger partial charge in [-0.15, -0.1) is 12.4 Å². The molecular weight excluding hydrogens is 376 g/mol. The molecule has 1 fully saturated rings. The molecule has 1 amide bonds. The number of likely N-dealkylation sites (tertiary alicyclic amines) is 1. The van der Waals surface area contributed by atoms with Crippen molar-refractivity contribution < 1.29 is 13.9 Å². The van der Waals surface area contributed by atoms with Crippen molar-refractivity contribution in [1.29, 1.82) is 0 Å². The molecule has 0 spiro atoms. The van der Waals surface area contributed by atoms with Crippen molar-refractivity contribution in [3.05, 3.63) is 53.5 Å². The van der Waals surface area contributed by atoms with Crippen molar-refractivity contribution in [3.63, 3.8) is 0 Å². The summed E-state index contributed by atoms with van der Waals surface area (Å²) in [5, 5.41) is 3.08. The van der Waals surface area contributed by atoms with Crippen LogP contribution in [-0.4, -0.2) is 36.5 Å². The number of hydrogen-bond acceptors (Lipinski definition) is 4. The van der Waals surface area contributed by atoms with E-state index in [9.17, 15) is 4.79 Å². The van der Waals surface area contributed by atoms with Gasteiger partial charge < -0.3 is 14.5 Å². The molecule has 0 aliphatic carbocycles. The normalized spacial score (nSPS) is 15.7. The first-order chi connectivity index (χ1) is 13.0. The number of piperidine rings is 1. The molecule has 1 aliphatic rings. The van der Waals surface area contributed by atoms with Crippen LogP contribution >= 0.6 is 12.4 Å². The first-order valence-corrected chi connectivity index (χ1v) is 9.88. The van der Waals surface area contributed by atoms with Gasteiger partial charge in [0.2, 0.25) is 0 Å². The first-order valence-electron chi connectivity index (χ1n) is 9.88. The average molecular weight is 407 g/mol. The predicted octanol–water partition coefficient (Wildman–Crippen LogP) is 4.75. The molecule has 2 aromatic rings. The average Bonchev–Trinajstić information content (AvgIpc) is 3.09. The van der Waals surface area contributed by atoms with E-state index in [0.717, 1.165) is 30.4 Å². The van der Waals surface area contributed by atoms with Crippen LogP contribution in [0.5, 0.6) is 5.75 Å². The molecule has 0 saturated carbocycles. The maximum atomic E-state index is 12.6. The van der Waals surface area contributed by atoms with Gasteiger partial charge in [-0.2, -0.15) is 0 Å². The second kappa shape index (κ2) is 10.5. The molecule has 1 aromatic carbocycles. The Morgan fingerprint density at radius 3 is 2.36 bits per heavy atom. The highest BCUT2D eigenvalue weighted by Crippen LogP contribution is 2.26. The Bertz CT molecular complexity index is 736. The second-order valence-electron chi connectivity index (χ2n) is 7.46. The maximum absolute atomic E-state index is 12.6. The minimum absolute atomic E-state index is 0. The lowest BCUT2D eigenvalue weighted by atomic mass is 10.1. The Balaban J connectivity index is 0.00000280. The molecule has 1 aromatic heterocycles. The minimum atomic E-state index is -0.0728. The van der Waals surface area contributed by atoms with Gasteiger partial charge in [0, 0.05) is 12.1 Å². The summed E-state index contributed by atoms with van der Waals surface area (Å²) in [6.07, 6.45) is 3.78. The van der Waals surface area contributed by atoms with Crippen LogP contribution in [0.25, 0.3) is 0 Å². The molecule has 1 atom stereocenters. The van der Waals surface area contributed by atoms with E-state index in [2.05, 4.69) is 10.2 Å².